The molecule has 3 nitrogen and oxygen atoms in total. The van der Waals surface area contributed by atoms with Crippen molar-refractivity contribution in [3.05, 3.63) is 22.4 Å². The maximum Gasteiger partial charge on any atom is 0.407 e. The number of carbonyl (C=O) groups is 1. The van der Waals surface area contributed by atoms with Gasteiger partial charge < -0.3 is 10.1 Å². The summed E-state index contributed by atoms with van der Waals surface area (Å²) in [7, 11) is 0. The lowest BCUT2D eigenvalue weighted by molar-refractivity contribution is 0.115. The monoisotopic (exact) mass is 199 g/mol. The summed E-state index contributed by atoms with van der Waals surface area (Å²) in [5, 5.41) is 4.64. The van der Waals surface area contributed by atoms with Crippen LogP contribution in [0.15, 0.2) is 17.5 Å². The number of nitrogens with one attached hydrogen (secondary N) is 1. The van der Waals surface area contributed by atoms with E-state index in [0.717, 1.165) is 4.88 Å². The highest BCUT2D eigenvalue weighted by Gasteiger charge is 2.03. The molecule has 0 aromatic carbocycles. The van der Waals surface area contributed by atoms with E-state index in [0.29, 0.717) is 6.54 Å². The molecule has 1 heterocycles. The second-order valence-electron chi connectivity index (χ2n) is 2.89. The first kappa shape index (κ1) is 10.1. The number of alkyl carbamates (subject to hydrolysis) is 1. The lowest BCUT2D eigenvalue weighted by Crippen LogP contribution is -2.25. The Bertz CT molecular complexity index is 257. The fourth-order valence-electron chi connectivity index (χ4n) is 0.828. The minimum Gasteiger partial charge on any atom is -0.447 e. The maximum atomic E-state index is 11.0. The number of carbonyl (C=O) groups excluding carboxylic acids is 1. The molecule has 0 saturated carbocycles. The lowest BCUT2D eigenvalue weighted by atomic mass is 10.5. The van der Waals surface area contributed by atoms with Crippen molar-refractivity contribution < 1.29 is 9.53 Å². The number of rotatable bonds is 3. The van der Waals surface area contributed by atoms with Crippen LogP contribution in [0.25, 0.3) is 0 Å². The molecule has 0 atom stereocenters. The highest BCUT2D eigenvalue weighted by atomic mass is 32.1. The minimum atomic E-state index is -0.358. The van der Waals surface area contributed by atoms with Crippen LogP contribution in [0.1, 0.15) is 18.7 Å². The van der Waals surface area contributed by atoms with E-state index in [1.54, 1.807) is 11.3 Å². The van der Waals surface area contributed by atoms with Crippen molar-refractivity contribution in [1.82, 2.24) is 5.32 Å². The first-order valence-corrected chi connectivity index (χ1v) is 5.03. The predicted molar refractivity (Wildman–Crippen MR) is 52.8 cm³/mol. The fraction of sp³-hybridized carbons (Fsp3) is 0.444. The smallest absolute Gasteiger partial charge is 0.407 e. The molecule has 0 aliphatic heterocycles. The summed E-state index contributed by atoms with van der Waals surface area (Å²) in [6, 6.07) is 3.93. The summed E-state index contributed by atoms with van der Waals surface area (Å²) in [6.07, 6.45) is -0.424. The standard InChI is InChI=1S/C9H13NO2S/c1-7(2)12-9(11)10-6-8-4-3-5-13-8/h3-5,7H,6H2,1-2H3,(H,10,11). The summed E-state index contributed by atoms with van der Waals surface area (Å²) in [4.78, 5) is 12.1. The van der Waals surface area contributed by atoms with Gasteiger partial charge in [-0.2, -0.15) is 0 Å². The number of amides is 1. The van der Waals surface area contributed by atoms with Gasteiger partial charge in [-0.1, -0.05) is 6.07 Å². The Balaban J connectivity index is 2.23. The molecule has 0 aliphatic rings. The Morgan fingerprint density at radius 3 is 3.00 bits per heavy atom. The molecule has 0 radical (unpaired) electrons. The molecule has 0 fully saturated rings. The van der Waals surface area contributed by atoms with Crippen LogP contribution < -0.4 is 5.32 Å². The molecular formula is C9H13NO2S. The number of thiophene rings is 1. The van der Waals surface area contributed by atoms with Crippen molar-refractivity contribution in [2.45, 2.75) is 26.5 Å². The summed E-state index contributed by atoms with van der Waals surface area (Å²) >= 11 is 1.61. The third-order valence-electron chi connectivity index (χ3n) is 1.33. The van der Waals surface area contributed by atoms with Crippen molar-refractivity contribution in [1.29, 1.82) is 0 Å². The Labute approximate surface area is 81.7 Å². The average Bonchev–Trinajstić information content (AvgIpc) is 2.51. The van der Waals surface area contributed by atoms with Gasteiger partial charge in [-0.3, -0.25) is 0 Å². The van der Waals surface area contributed by atoms with Crippen molar-refractivity contribution in [2.24, 2.45) is 0 Å². The fourth-order valence-corrected chi connectivity index (χ4v) is 1.47. The molecule has 72 valence electrons. The molecule has 13 heavy (non-hydrogen) atoms. The maximum absolute atomic E-state index is 11.0. The van der Waals surface area contributed by atoms with E-state index in [1.165, 1.54) is 0 Å². The van der Waals surface area contributed by atoms with E-state index in [9.17, 15) is 4.79 Å². The van der Waals surface area contributed by atoms with Gasteiger partial charge in [0, 0.05) is 4.88 Å². The average molecular weight is 199 g/mol. The van der Waals surface area contributed by atoms with Crippen LogP contribution in [-0.2, 0) is 11.3 Å². The van der Waals surface area contributed by atoms with E-state index < -0.39 is 0 Å². The van der Waals surface area contributed by atoms with Gasteiger partial charge >= 0.3 is 6.09 Å². The van der Waals surface area contributed by atoms with Crippen molar-refractivity contribution >= 4 is 17.4 Å². The summed E-state index contributed by atoms with van der Waals surface area (Å²) < 4.78 is 4.90. The number of hydrogen-bond donors (Lipinski definition) is 1. The molecule has 4 heteroatoms. The molecule has 0 spiro atoms. The first-order chi connectivity index (χ1) is 6.18. The Morgan fingerprint density at radius 2 is 2.46 bits per heavy atom. The molecule has 0 saturated heterocycles. The number of hydrogen-bond acceptors (Lipinski definition) is 3. The van der Waals surface area contributed by atoms with E-state index >= 15 is 0 Å². The normalized spacial score (nSPS) is 10.1. The van der Waals surface area contributed by atoms with Gasteiger partial charge in [0.2, 0.25) is 0 Å². The van der Waals surface area contributed by atoms with Crippen molar-refractivity contribution in [2.75, 3.05) is 0 Å². The Morgan fingerprint density at radius 1 is 1.69 bits per heavy atom. The van der Waals surface area contributed by atoms with Gasteiger partial charge in [-0.25, -0.2) is 4.79 Å². The molecule has 1 aromatic heterocycles. The summed E-state index contributed by atoms with van der Waals surface area (Å²) in [6.45, 7) is 4.19. The van der Waals surface area contributed by atoms with E-state index in [2.05, 4.69) is 5.32 Å². The molecule has 0 bridgehead atoms. The third-order valence-corrected chi connectivity index (χ3v) is 2.21. The van der Waals surface area contributed by atoms with Crippen LogP contribution in [0.2, 0.25) is 0 Å². The van der Waals surface area contributed by atoms with Crippen LogP contribution in [0.5, 0.6) is 0 Å². The summed E-state index contributed by atoms with van der Waals surface area (Å²) in [5.74, 6) is 0. The van der Waals surface area contributed by atoms with Crippen LogP contribution in [0, 0.1) is 0 Å². The van der Waals surface area contributed by atoms with E-state index in [4.69, 9.17) is 4.74 Å². The second kappa shape index (κ2) is 4.87. The molecule has 1 aromatic rings. The largest absolute Gasteiger partial charge is 0.447 e. The van der Waals surface area contributed by atoms with E-state index in [-0.39, 0.29) is 12.2 Å². The van der Waals surface area contributed by atoms with Crippen molar-refractivity contribution in [3.8, 4) is 0 Å². The molecule has 0 aliphatic carbocycles. The van der Waals surface area contributed by atoms with Crippen LogP contribution in [0.4, 0.5) is 4.79 Å². The molecule has 1 N–H and O–H groups in total. The highest BCUT2D eigenvalue weighted by molar-refractivity contribution is 7.09. The van der Waals surface area contributed by atoms with Gasteiger partial charge in [0.25, 0.3) is 0 Å². The SMILES string of the molecule is CC(C)OC(=O)NCc1cccs1. The highest BCUT2D eigenvalue weighted by Crippen LogP contribution is 2.07. The zero-order valence-electron chi connectivity index (χ0n) is 7.74. The van der Waals surface area contributed by atoms with Crippen LogP contribution in [-0.4, -0.2) is 12.2 Å². The quantitative estimate of drug-likeness (QED) is 0.811. The topological polar surface area (TPSA) is 38.3 Å². The minimum absolute atomic E-state index is 0.0664. The lowest BCUT2D eigenvalue weighted by Gasteiger charge is -2.08. The summed E-state index contributed by atoms with van der Waals surface area (Å²) in [5.41, 5.74) is 0. The Kier molecular flexibility index (Phi) is 3.76. The van der Waals surface area contributed by atoms with Crippen molar-refractivity contribution in [3.63, 3.8) is 0 Å². The van der Waals surface area contributed by atoms with Gasteiger partial charge in [0.1, 0.15) is 0 Å². The van der Waals surface area contributed by atoms with E-state index in [1.807, 2.05) is 31.4 Å². The van der Waals surface area contributed by atoms with Gasteiger partial charge in [-0.05, 0) is 25.3 Å². The van der Waals surface area contributed by atoms with Gasteiger partial charge in [0.15, 0.2) is 0 Å². The Hall–Kier alpha value is -1.03. The molecular weight excluding hydrogens is 186 g/mol. The third kappa shape index (κ3) is 3.94. The zero-order valence-corrected chi connectivity index (χ0v) is 8.56. The van der Waals surface area contributed by atoms with Gasteiger partial charge in [0.05, 0.1) is 12.6 Å². The van der Waals surface area contributed by atoms with Gasteiger partial charge in [-0.15, -0.1) is 11.3 Å². The number of ether oxygens (including phenoxy) is 1. The zero-order chi connectivity index (χ0) is 9.68. The first-order valence-electron chi connectivity index (χ1n) is 4.15. The molecule has 1 rings (SSSR count). The molecule has 0 unspecified atom stereocenters. The molecule has 1 amide bonds. The second-order valence-corrected chi connectivity index (χ2v) is 3.92. The predicted octanol–water partition coefficient (Wildman–Crippen LogP) is 2.38. The van der Waals surface area contributed by atoms with Crippen LogP contribution in [0.3, 0.4) is 0 Å². The van der Waals surface area contributed by atoms with Crippen LogP contribution >= 0.6 is 11.3 Å².